The van der Waals surface area contributed by atoms with Gasteiger partial charge in [-0.1, -0.05) is 35.9 Å². The van der Waals surface area contributed by atoms with Gasteiger partial charge < -0.3 is 4.74 Å². The molecule has 2 aromatic rings. The molecule has 3 rings (SSSR count). The van der Waals surface area contributed by atoms with Crippen LogP contribution in [-0.2, 0) is 9.53 Å². The monoisotopic (exact) mass is 316 g/mol. The fraction of sp³-hybridized carbons (Fsp3) is 0.118. The second kappa shape index (κ2) is 5.96. The summed E-state index contributed by atoms with van der Waals surface area (Å²) in [6, 6.07) is 14.0. The summed E-state index contributed by atoms with van der Waals surface area (Å²) in [7, 11) is 1.41. The van der Waals surface area contributed by atoms with Crippen molar-refractivity contribution in [3.8, 4) is 11.1 Å². The topological polar surface area (TPSA) is 26.3 Å². The smallest absolute Gasteiger partial charge is 0.334 e. The molecule has 2 aromatic carbocycles. The normalized spacial score (nSPS) is 13.3. The molecular weight excluding hydrogens is 304 g/mol. The van der Waals surface area contributed by atoms with Crippen LogP contribution in [0.5, 0.6) is 0 Å². The Balaban J connectivity index is 1.95. The van der Waals surface area contributed by atoms with Crippen LogP contribution in [0.4, 0.5) is 0 Å². The van der Waals surface area contributed by atoms with Gasteiger partial charge in [-0.15, -0.1) is 11.8 Å². The van der Waals surface area contributed by atoms with Crippen LogP contribution in [0.15, 0.2) is 52.9 Å². The maximum atomic E-state index is 11.6. The van der Waals surface area contributed by atoms with Crippen LogP contribution in [0, 0.1) is 0 Å². The van der Waals surface area contributed by atoms with Gasteiger partial charge in [0.05, 0.1) is 7.11 Å². The lowest BCUT2D eigenvalue weighted by atomic mass is 10.0. The predicted molar refractivity (Wildman–Crippen MR) is 87.6 cm³/mol. The van der Waals surface area contributed by atoms with Crippen molar-refractivity contribution < 1.29 is 9.53 Å². The molecule has 21 heavy (non-hydrogen) atoms. The first-order valence-corrected chi connectivity index (χ1v) is 7.85. The van der Waals surface area contributed by atoms with Crippen molar-refractivity contribution in [2.24, 2.45) is 0 Å². The van der Waals surface area contributed by atoms with E-state index in [1.54, 1.807) is 11.8 Å². The van der Waals surface area contributed by atoms with Crippen LogP contribution < -0.4 is 0 Å². The van der Waals surface area contributed by atoms with E-state index >= 15 is 0 Å². The van der Waals surface area contributed by atoms with Crippen molar-refractivity contribution in [2.75, 3.05) is 12.9 Å². The minimum Gasteiger partial charge on any atom is -0.466 e. The van der Waals surface area contributed by atoms with Crippen molar-refractivity contribution in [2.45, 2.75) is 4.90 Å². The Labute approximate surface area is 132 Å². The molecule has 0 N–H and O–H groups in total. The summed E-state index contributed by atoms with van der Waals surface area (Å²) < 4.78 is 4.78. The molecule has 2 nitrogen and oxygen atoms in total. The molecule has 0 unspecified atom stereocenters. The molecule has 0 atom stereocenters. The van der Waals surface area contributed by atoms with E-state index in [1.165, 1.54) is 12.0 Å². The molecule has 1 aliphatic heterocycles. The number of halogens is 1. The van der Waals surface area contributed by atoms with E-state index in [2.05, 4.69) is 12.1 Å². The number of hydrogen-bond acceptors (Lipinski definition) is 3. The average Bonchev–Trinajstić information content (AvgIpc) is 2.54. The highest BCUT2D eigenvalue weighted by atomic mass is 35.5. The zero-order chi connectivity index (χ0) is 14.8. The van der Waals surface area contributed by atoms with Crippen LogP contribution in [0.25, 0.3) is 17.2 Å². The fourth-order valence-corrected chi connectivity index (χ4v) is 3.38. The quantitative estimate of drug-likeness (QED) is 0.753. The zero-order valence-corrected chi connectivity index (χ0v) is 13.0. The van der Waals surface area contributed by atoms with E-state index < -0.39 is 0 Å². The van der Waals surface area contributed by atoms with Crippen LogP contribution in [-0.4, -0.2) is 18.8 Å². The molecule has 106 valence electrons. The summed E-state index contributed by atoms with van der Waals surface area (Å²) in [5.74, 6) is 0.388. The number of fused-ring (bicyclic) bond motifs is 1. The van der Waals surface area contributed by atoms with E-state index in [-0.39, 0.29) is 5.97 Å². The minimum absolute atomic E-state index is 0.255. The first-order valence-electron chi connectivity index (χ1n) is 6.49. The van der Waals surface area contributed by atoms with Gasteiger partial charge >= 0.3 is 5.97 Å². The van der Waals surface area contributed by atoms with Crippen LogP contribution in [0.2, 0.25) is 5.02 Å². The Morgan fingerprint density at radius 3 is 2.57 bits per heavy atom. The molecule has 0 saturated heterocycles. The van der Waals surface area contributed by atoms with Gasteiger partial charge in [0.15, 0.2) is 0 Å². The minimum atomic E-state index is -0.255. The number of ether oxygens (including phenoxy) is 1. The van der Waals surface area contributed by atoms with Gasteiger partial charge in [0.25, 0.3) is 0 Å². The third-order valence-electron chi connectivity index (χ3n) is 3.35. The van der Waals surface area contributed by atoms with Crippen molar-refractivity contribution >= 4 is 35.4 Å². The van der Waals surface area contributed by atoms with Gasteiger partial charge in [-0.3, -0.25) is 0 Å². The molecule has 0 amide bonds. The maximum absolute atomic E-state index is 11.6. The molecule has 4 heteroatoms. The van der Waals surface area contributed by atoms with Crippen LogP contribution in [0.3, 0.4) is 0 Å². The molecule has 0 saturated carbocycles. The highest BCUT2D eigenvalue weighted by Crippen LogP contribution is 2.35. The highest BCUT2D eigenvalue weighted by Gasteiger charge is 2.17. The summed E-state index contributed by atoms with van der Waals surface area (Å²) in [5.41, 5.74) is 4.04. The summed E-state index contributed by atoms with van der Waals surface area (Å²) in [6.07, 6.45) is 1.91. The van der Waals surface area contributed by atoms with Gasteiger partial charge in [-0.05, 0) is 41.0 Å². The third-order valence-corrected chi connectivity index (χ3v) is 4.72. The number of esters is 1. The molecule has 0 spiro atoms. The van der Waals surface area contributed by atoms with E-state index in [0.717, 1.165) is 21.7 Å². The SMILES string of the molecule is COC(=O)C1=Cc2ccc(-c3ccc(Cl)cc3)cc2SC1. The Bertz CT molecular complexity index is 720. The number of carbonyl (C=O) groups is 1. The summed E-state index contributed by atoms with van der Waals surface area (Å²) >= 11 is 7.58. The molecule has 1 heterocycles. The second-order valence-corrected chi connectivity index (χ2v) is 6.16. The summed E-state index contributed by atoms with van der Waals surface area (Å²) in [5, 5.41) is 0.733. The summed E-state index contributed by atoms with van der Waals surface area (Å²) in [4.78, 5) is 12.8. The van der Waals surface area contributed by atoms with Crippen molar-refractivity contribution in [1.29, 1.82) is 0 Å². The lowest BCUT2D eigenvalue weighted by Gasteiger charge is -2.16. The largest absolute Gasteiger partial charge is 0.466 e. The number of hydrogen-bond donors (Lipinski definition) is 0. The fourth-order valence-electron chi connectivity index (χ4n) is 2.23. The zero-order valence-electron chi connectivity index (χ0n) is 11.4. The number of benzene rings is 2. The second-order valence-electron chi connectivity index (χ2n) is 4.71. The van der Waals surface area contributed by atoms with Gasteiger partial charge in [0, 0.05) is 21.2 Å². The molecule has 0 fully saturated rings. The van der Waals surface area contributed by atoms with Gasteiger partial charge in [-0.2, -0.15) is 0 Å². The maximum Gasteiger partial charge on any atom is 0.334 e. The lowest BCUT2D eigenvalue weighted by Crippen LogP contribution is -2.09. The summed E-state index contributed by atoms with van der Waals surface area (Å²) in [6.45, 7) is 0. The average molecular weight is 317 g/mol. The third kappa shape index (κ3) is 2.99. The standard InChI is InChI=1S/C17H13ClO2S/c1-20-17(19)14-8-13-3-2-12(9-16(13)21-10-14)11-4-6-15(18)7-5-11/h2-9H,10H2,1H3. The van der Waals surface area contributed by atoms with Gasteiger partial charge in [0.2, 0.25) is 0 Å². The molecule has 0 aliphatic carbocycles. The first-order chi connectivity index (χ1) is 10.2. The van der Waals surface area contributed by atoms with Crippen LogP contribution >= 0.6 is 23.4 Å². The van der Waals surface area contributed by atoms with E-state index in [0.29, 0.717) is 11.3 Å². The Morgan fingerprint density at radius 1 is 1.14 bits per heavy atom. The van der Waals surface area contributed by atoms with Crippen molar-refractivity contribution in [3.63, 3.8) is 0 Å². The Morgan fingerprint density at radius 2 is 1.86 bits per heavy atom. The first kappa shape index (κ1) is 14.2. The number of rotatable bonds is 2. The number of thioether (sulfide) groups is 1. The molecule has 0 bridgehead atoms. The molecular formula is C17H13ClO2S. The Hall–Kier alpha value is -1.71. The Kier molecular flexibility index (Phi) is 4.04. The van der Waals surface area contributed by atoms with Crippen LogP contribution in [0.1, 0.15) is 5.56 Å². The van der Waals surface area contributed by atoms with Gasteiger partial charge in [-0.25, -0.2) is 4.79 Å². The number of methoxy groups -OCH3 is 1. The van der Waals surface area contributed by atoms with Crippen molar-refractivity contribution in [1.82, 2.24) is 0 Å². The van der Waals surface area contributed by atoms with Gasteiger partial charge in [0.1, 0.15) is 0 Å². The number of carbonyl (C=O) groups excluding carboxylic acids is 1. The molecule has 1 aliphatic rings. The molecule has 0 aromatic heterocycles. The van der Waals surface area contributed by atoms with Crippen molar-refractivity contribution in [3.05, 3.63) is 58.6 Å². The van der Waals surface area contributed by atoms with E-state index in [9.17, 15) is 4.79 Å². The predicted octanol–water partition coefficient (Wildman–Crippen LogP) is 4.67. The molecule has 0 radical (unpaired) electrons. The van der Waals surface area contributed by atoms with E-state index in [1.807, 2.05) is 36.4 Å². The van der Waals surface area contributed by atoms with E-state index in [4.69, 9.17) is 16.3 Å². The lowest BCUT2D eigenvalue weighted by molar-refractivity contribution is -0.135. The highest BCUT2D eigenvalue weighted by molar-refractivity contribution is 7.99.